The molecule has 0 aliphatic heterocycles. The van der Waals surface area contributed by atoms with Crippen molar-refractivity contribution in [3.05, 3.63) is 60.9 Å². The average molecular weight is 245 g/mol. The molecule has 0 atom stereocenters. The van der Waals surface area contributed by atoms with Crippen LogP contribution < -0.4 is 0 Å². The SMILES string of the molecule is c1ccc2cc(-c3nc4ccncc4[nH]3)ccc2c1. The Balaban J connectivity index is 1.93. The van der Waals surface area contributed by atoms with Crippen molar-refractivity contribution >= 4 is 21.8 Å². The first-order valence-electron chi connectivity index (χ1n) is 6.19. The summed E-state index contributed by atoms with van der Waals surface area (Å²) in [6.07, 6.45) is 3.56. The quantitative estimate of drug-likeness (QED) is 0.554. The zero-order valence-electron chi connectivity index (χ0n) is 10.2. The number of pyridine rings is 1. The van der Waals surface area contributed by atoms with Gasteiger partial charge in [-0.3, -0.25) is 4.98 Å². The van der Waals surface area contributed by atoms with Crippen molar-refractivity contribution in [2.45, 2.75) is 0 Å². The maximum Gasteiger partial charge on any atom is 0.138 e. The summed E-state index contributed by atoms with van der Waals surface area (Å²) in [6, 6.07) is 16.6. The van der Waals surface area contributed by atoms with Gasteiger partial charge in [0.2, 0.25) is 0 Å². The zero-order chi connectivity index (χ0) is 12.7. The Hall–Kier alpha value is -2.68. The second-order valence-corrected chi connectivity index (χ2v) is 4.54. The molecule has 3 nitrogen and oxygen atoms in total. The van der Waals surface area contributed by atoms with Gasteiger partial charge in [0.15, 0.2) is 0 Å². The summed E-state index contributed by atoms with van der Waals surface area (Å²) in [6.45, 7) is 0. The number of hydrogen-bond donors (Lipinski definition) is 1. The molecule has 0 bridgehead atoms. The fourth-order valence-corrected chi connectivity index (χ4v) is 2.33. The Morgan fingerprint density at radius 1 is 0.895 bits per heavy atom. The molecule has 0 unspecified atom stereocenters. The minimum atomic E-state index is 0.883. The topological polar surface area (TPSA) is 41.6 Å². The number of fused-ring (bicyclic) bond motifs is 2. The van der Waals surface area contributed by atoms with E-state index < -0.39 is 0 Å². The number of imidazole rings is 1. The Bertz CT molecular complexity index is 844. The van der Waals surface area contributed by atoms with Crippen molar-refractivity contribution in [1.29, 1.82) is 0 Å². The van der Waals surface area contributed by atoms with Crippen LogP contribution in [0.2, 0.25) is 0 Å². The predicted molar refractivity (Wildman–Crippen MR) is 76.8 cm³/mol. The number of benzene rings is 2. The van der Waals surface area contributed by atoms with Crippen molar-refractivity contribution in [3.63, 3.8) is 0 Å². The molecule has 4 aromatic rings. The number of aromatic amines is 1. The van der Waals surface area contributed by atoms with E-state index in [2.05, 4.69) is 57.4 Å². The highest BCUT2D eigenvalue weighted by atomic mass is 14.9. The van der Waals surface area contributed by atoms with Gasteiger partial charge in [-0.2, -0.15) is 0 Å². The molecule has 0 saturated carbocycles. The van der Waals surface area contributed by atoms with Crippen LogP contribution in [0.15, 0.2) is 60.9 Å². The van der Waals surface area contributed by atoms with Gasteiger partial charge in [-0.25, -0.2) is 4.98 Å². The van der Waals surface area contributed by atoms with Gasteiger partial charge >= 0.3 is 0 Å². The minimum absolute atomic E-state index is 0.883. The fraction of sp³-hybridized carbons (Fsp3) is 0. The molecule has 0 aliphatic rings. The van der Waals surface area contributed by atoms with Gasteiger partial charge < -0.3 is 4.98 Å². The van der Waals surface area contributed by atoms with Crippen LogP contribution in [0, 0.1) is 0 Å². The summed E-state index contributed by atoms with van der Waals surface area (Å²) in [4.78, 5) is 12.0. The molecule has 2 aromatic heterocycles. The highest BCUT2D eigenvalue weighted by Crippen LogP contribution is 2.24. The maximum absolute atomic E-state index is 4.59. The molecule has 3 heteroatoms. The molecule has 0 saturated heterocycles. The molecule has 2 heterocycles. The Labute approximate surface area is 110 Å². The largest absolute Gasteiger partial charge is 0.337 e. The van der Waals surface area contributed by atoms with Crippen LogP contribution in [0.4, 0.5) is 0 Å². The van der Waals surface area contributed by atoms with Crippen molar-refractivity contribution in [2.75, 3.05) is 0 Å². The van der Waals surface area contributed by atoms with E-state index >= 15 is 0 Å². The highest BCUT2D eigenvalue weighted by Gasteiger charge is 2.05. The van der Waals surface area contributed by atoms with Gasteiger partial charge in [0.05, 0.1) is 17.2 Å². The Kier molecular flexibility index (Phi) is 2.12. The lowest BCUT2D eigenvalue weighted by Crippen LogP contribution is -1.80. The molecular weight excluding hydrogens is 234 g/mol. The predicted octanol–water partition coefficient (Wildman–Crippen LogP) is 3.78. The number of H-pyrrole nitrogens is 1. The van der Waals surface area contributed by atoms with E-state index in [9.17, 15) is 0 Å². The molecule has 19 heavy (non-hydrogen) atoms. The summed E-state index contributed by atoms with van der Waals surface area (Å²) in [5.74, 6) is 0.883. The second kappa shape index (κ2) is 3.92. The van der Waals surface area contributed by atoms with E-state index in [1.54, 1.807) is 12.4 Å². The summed E-state index contributed by atoms with van der Waals surface area (Å²) in [7, 11) is 0. The van der Waals surface area contributed by atoms with Gasteiger partial charge in [0, 0.05) is 11.8 Å². The van der Waals surface area contributed by atoms with Gasteiger partial charge in [0.1, 0.15) is 5.82 Å². The lowest BCUT2D eigenvalue weighted by molar-refractivity contribution is 1.33. The van der Waals surface area contributed by atoms with Crippen molar-refractivity contribution in [1.82, 2.24) is 15.0 Å². The van der Waals surface area contributed by atoms with Gasteiger partial charge in [-0.15, -0.1) is 0 Å². The first-order chi connectivity index (χ1) is 9.40. The molecule has 0 spiro atoms. The number of aromatic nitrogens is 3. The molecular formula is C16H11N3. The molecule has 0 fully saturated rings. The minimum Gasteiger partial charge on any atom is -0.337 e. The van der Waals surface area contributed by atoms with Crippen LogP contribution >= 0.6 is 0 Å². The van der Waals surface area contributed by atoms with Crippen LogP contribution in [-0.4, -0.2) is 15.0 Å². The molecule has 2 aromatic carbocycles. The van der Waals surface area contributed by atoms with E-state index in [0.717, 1.165) is 22.4 Å². The standard InChI is InChI=1S/C16H11N3/c1-2-4-12-9-13(6-5-11(12)3-1)16-18-14-7-8-17-10-15(14)19-16/h1-10H,(H,18,19). The third-order valence-corrected chi connectivity index (χ3v) is 3.31. The van der Waals surface area contributed by atoms with Gasteiger partial charge in [-0.05, 0) is 22.9 Å². The summed E-state index contributed by atoms with van der Waals surface area (Å²) in [5.41, 5.74) is 3.00. The molecule has 90 valence electrons. The van der Waals surface area contributed by atoms with E-state index in [-0.39, 0.29) is 0 Å². The molecule has 4 rings (SSSR count). The Morgan fingerprint density at radius 2 is 1.79 bits per heavy atom. The first kappa shape index (κ1) is 10.3. The van der Waals surface area contributed by atoms with Crippen LogP contribution in [0.3, 0.4) is 0 Å². The molecule has 1 N–H and O–H groups in total. The summed E-state index contributed by atoms with van der Waals surface area (Å²) in [5, 5.41) is 2.46. The van der Waals surface area contributed by atoms with Crippen LogP contribution in [0.1, 0.15) is 0 Å². The number of nitrogens with zero attached hydrogens (tertiary/aromatic N) is 2. The van der Waals surface area contributed by atoms with Crippen LogP contribution in [-0.2, 0) is 0 Å². The van der Waals surface area contributed by atoms with Crippen LogP contribution in [0.25, 0.3) is 33.2 Å². The number of nitrogens with one attached hydrogen (secondary N) is 1. The average Bonchev–Trinajstić information content (AvgIpc) is 2.90. The monoisotopic (exact) mass is 245 g/mol. The van der Waals surface area contributed by atoms with Gasteiger partial charge in [-0.1, -0.05) is 36.4 Å². The third-order valence-electron chi connectivity index (χ3n) is 3.31. The molecule has 0 amide bonds. The Morgan fingerprint density at radius 3 is 2.68 bits per heavy atom. The van der Waals surface area contributed by atoms with Gasteiger partial charge in [0.25, 0.3) is 0 Å². The maximum atomic E-state index is 4.59. The lowest BCUT2D eigenvalue weighted by Gasteiger charge is -2.00. The van der Waals surface area contributed by atoms with E-state index in [1.165, 1.54) is 10.8 Å². The highest BCUT2D eigenvalue weighted by molar-refractivity contribution is 5.87. The van der Waals surface area contributed by atoms with E-state index in [1.807, 2.05) is 6.07 Å². The van der Waals surface area contributed by atoms with Crippen molar-refractivity contribution in [3.8, 4) is 11.4 Å². The van der Waals surface area contributed by atoms with Crippen molar-refractivity contribution in [2.24, 2.45) is 0 Å². The second-order valence-electron chi connectivity index (χ2n) is 4.54. The molecule has 0 aliphatic carbocycles. The van der Waals surface area contributed by atoms with Crippen LogP contribution in [0.5, 0.6) is 0 Å². The number of hydrogen-bond acceptors (Lipinski definition) is 2. The summed E-state index contributed by atoms with van der Waals surface area (Å²) >= 11 is 0. The fourth-order valence-electron chi connectivity index (χ4n) is 2.33. The number of rotatable bonds is 1. The lowest BCUT2D eigenvalue weighted by atomic mass is 10.1. The third kappa shape index (κ3) is 1.67. The van der Waals surface area contributed by atoms with Crippen molar-refractivity contribution < 1.29 is 0 Å². The summed E-state index contributed by atoms with van der Waals surface area (Å²) < 4.78 is 0. The smallest absolute Gasteiger partial charge is 0.138 e. The normalized spacial score (nSPS) is 11.2. The zero-order valence-corrected chi connectivity index (χ0v) is 10.2. The van der Waals surface area contributed by atoms with E-state index in [0.29, 0.717) is 0 Å². The first-order valence-corrected chi connectivity index (χ1v) is 6.19. The van der Waals surface area contributed by atoms with E-state index in [4.69, 9.17) is 0 Å². The molecule has 0 radical (unpaired) electrons.